The first-order chi connectivity index (χ1) is 4.88. The van der Waals surface area contributed by atoms with Crippen LogP contribution in [0.15, 0.2) is 10.4 Å². The molecule has 0 bridgehead atoms. The molecule has 0 spiro atoms. The fraction of sp³-hybridized carbons (Fsp3) is 0.286. The highest BCUT2D eigenvalue weighted by atomic mass is 32.1. The van der Waals surface area contributed by atoms with Gasteiger partial charge in [-0.1, -0.05) is 0 Å². The summed E-state index contributed by atoms with van der Waals surface area (Å²) in [6.07, 6.45) is 1.94. The van der Waals surface area contributed by atoms with Crippen LogP contribution in [0.2, 0.25) is 0 Å². The van der Waals surface area contributed by atoms with Crippen molar-refractivity contribution in [3.63, 3.8) is 0 Å². The normalized spacial score (nSPS) is 14.5. The van der Waals surface area contributed by atoms with Crippen LogP contribution < -0.4 is 5.32 Å². The van der Waals surface area contributed by atoms with Crippen LogP contribution in [0.5, 0.6) is 0 Å². The first-order valence-electron chi connectivity index (χ1n) is 3.20. The fourth-order valence-corrected chi connectivity index (χ4v) is 1.92. The highest BCUT2D eigenvalue weighted by Crippen LogP contribution is 2.27. The number of thiophene rings is 1. The van der Waals surface area contributed by atoms with Crippen molar-refractivity contribution in [1.29, 1.82) is 0 Å². The van der Waals surface area contributed by atoms with E-state index in [-0.39, 0.29) is 0 Å². The molecule has 0 amide bonds. The Morgan fingerprint density at radius 3 is 3.40 bits per heavy atom. The number of anilines is 1. The minimum Gasteiger partial charge on any atom is -0.357 e. The van der Waals surface area contributed by atoms with E-state index in [9.17, 15) is 0 Å². The zero-order valence-electron chi connectivity index (χ0n) is 5.72. The van der Waals surface area contributed by atoms with Crippen molar-refractivity contribution in [1.82, 2.24) is 0 Å². The van der Waals surface area contributed by atoms with Crippen LogP contribution in [0.4, 0.5) is 5.00 Å². The van der Waals surface area contributed by atoms with Crippen LogP contribution in [-0.2, 0) is 0 Å². The summed E-state index contributed by atoms with van der Waals surface area (Å²) in [6, 6.07) is 0. The zero-order valence-corrected chi connectivity index (χ0v) is 6.53. The van der Waals surface area contributed by atoms with Gasteiger partial charge in [-0.05, 0) is 17.9 Å². The van der Waals surface area contributed by atoms with Crippen molar-refractivity contribution in [3.05, 3.63) is 16.5 Å². The SMILES string of the molecule is Cc1csc2c1C=NCN2. The lowest BCUT2D eigenvalue weighted by atomic mass is 10.2. The van der Waals surface area contributed by atoms with Crippen molar-refractivity contribution in [2.45, 2.75) is 6.92 Å². The molecule has 0 saturated heterocycles. The predicted octanol–water partition coefficient (Wildman–Crippen LogP) is 1.86. The van der Waals surface area contributed by atoms with Crippen LogP contribution >= 0.6 is 11.3 Å². The molecule has 1 aromatic heterocycles. The third-order valence-electron chi connectivity index (χ3n) is 1.57. The molecule has 0 atom stereocenters. The Morgan fingerprint density at radius 2 is 2.60 bits per heavy atom. The summed E-state index contributed by atoms with van der Waals surface area (Å²) >= 11 is 1.75. The van der Waals surface area contributed by atoms with Crippen molar-refractivity contribution in [3.8, 4) is 0 Å². The molecule has 0 radical (unpaired) electrons. The third-order valence-corrected chi connectivity index (χ3v) is 2.65. The molecule has 1 N–H and O–H groups in total. The number of aliphatic imine (C=N–C) groups is 1. The second kappa shape index (κ2) is 2.09. The molecule has 0 unspecified atom stereocenters. The largest absolute Gasteiger partial charge is 0.357 e. The fourth-order valence-electron chi connectivity index (χ4n) is 1.01. The smallest absolute Gasteiger partial charge is 0.108 e. The second-order valence-corrected chi connectivity index (χ2v) is 3.19. The van der Waals surface area contributed by atoms with E-state index in [0.717, 1.165) is 6.67 Å². The molecule has 52 valence electrons. The topological polar surface area (TPSA) is 24.4 Å². The van der Waals surface area contributed by atoms with Gasteiger partial charge in [-0.2, -0.15) is 0 Å². The number of hydrogen-bond donors (Lipinski definition) is 1. The highest BCUT2D eigenvalue weighted by Gasteiger charge is 2.07. The van der Waals surface area contributed by atoms with E-state index in [0.29, 0.717) is 0 Å². The maximum atomic E-state index is 4.12. The van der Waals surface area contributed by atoms with Crippen molar-refractivity contribution >= 4 is 22.6 Å². The maximum absolute atomic E-state index is 4.12. The molecular weight excluding hydrogens is 144 g/mol. The summed E-state index contributed by atoms with van der Waals surface area (Å²) < 4.78 is 0. The second-order valence-electron chi connectivity index (χ2n) is 2.31. The van der Waals surface area contributed by atoms with Crippen LogP contribution in [0.3, 0.4) is 0 Å². The summed E-state index contributed by atoms with van der Waals surface area (Å²) in [5, 5.41) is 6.61. The number of aryl methyl sites for hydroxylation is 1. The molecule has 1 aliphatic rings. The van der Waals surface area contributed by atoms with Gasteiger partial charge in [0, 0.05) is 11.8 Å². The summed E-state index contributed by atoms with van der Waals surface area (Å²) in [5.74, 6) is 0. The van der Waals surface area contributed by atoms with E-state index >= 15 is 0 Å². The number of hydrogen-bond acceptors (Lipinski definition) is 3. The van der Waals surface area contributed by atoms with E-state index in [2.05, 4.69) is 22.6 Å². The monoisotopic (exact) mass is 152 g/mol. The molecule has 2 rings (SSSR count). The Morgan fingerprint density at radius 1 is 1.70 bits per heavy atom. The average molecular weight is 152 g/mol. The molecule has 10 heavy (non-hydrogen) atoms. The molecular formula is C7H8N2S. The van der Waals surface area contributed by atoms with E-state index in [1.807, 2.05) is 6.21 Å². The van der Waals surface area contributed by atoms with Gasteiger partial charge in [0.15, 0.2) is 0 Å². The predicted molar refractivity (Wildman–Crippen MR) is 45.1 cm³/mol. The lowest BCUT2D eigenvalue weighted by molar-refractivity contribution is 1.14. The van der Waals surface area contributed by atoms with Gasteiger partial charge in [-0.15, -0.1) is 11.3 Å². The van der Waals surface area contributed by atoms with Gasteiger partial charge in [0.25, 0.3) is 0 Å². The molecule has 0 saturated carbocycles. The molecule has 0 aliphatic carbocycles. The maximum Gasteiger partial charge on any atom is 0.108 e. The Bertz CT molecular complexity index is 275. The average Bonchev–Trinajstić information content (AvgIpc) is 2.34. The number of fused-ring (bicyclic) bond motifs is 1. The van der Waals surface area contributed by atoms with Crippen molar-refractivity contribution in [2.24, 2.45) is 4.99 Å². The van der Waals surface area contributed by atoms with Crippen LogP contribution in [0.1, 0.15) is 11.1 Å². The van der Waals surface area contributed by atoms with Crippen LogP contribution in [0, 0.1) is 6.92 Å². The van der Waals surface area contributed by atoms with Crippen molar-refractivity contribution < 1.29 is 0 Å². The van der Waals surface area contributed by atoms with Crippen LogP contribution in [-0.4, -0.2) is 12.9 Å². The number of rotatable bonds is 0. The lowest BCUT2D eigenvalue weighted by Gasteiger charge is -2.06. The molecule has 0 fully saturated rings. The zero-order chi connectivity index (χ0) is 6.97. The van der Waals surface area contributed by atoms with E-state index in [1.165, 1.54) is 16.1 Å². The Hall–Kier alpha value is -0.830. The van der Waals surface area contributed by atoms with E-state index in [1.54, 1.807) is 11.3 Å². The first kappa shape index (κ1) is 5.92. The standard InChI is InChI=1S/C7H8N2S/c1-5-3-10-7-6(5)2-8-4-9-7/h2-3,9H,4H2,1H3. The summed E-state index contributed by atoms with van der Waals surface area (Å²) in [6.45, 7) is 2.83. The summed E-state index contributed by atoms with van der Waals surface area (Å²) in [4.78, 5) is 4.12. The van der Waals surface area contributed by atoms with Gasteiger partial charge in [0.05, 0.1) is 5.00 Å². The molecule has 2 nitrogen and oxygen atoms in total. The Labute approximate surface area is 63.6 Å². The van der Waals surface area contributed by atoms with Gasteiger partial charge in [0.2, 0.25) is 0 Å². The van der Waals surface area contributed by atoms with E-state index < -0.39 is 0 Å². The Balaban J connectivity index is 2.57. The number of nitrogens with zero attached hydrogens (tertiary/aromatic N) is 1. The molecule has 0 aromatic carbocycles. The van der Waals surface area contributed by atoms with Gasteiger partial charge in [-0.3, -0.25) is 4.99 Å². The Kier molecular flexibility index (Phi) is 1.24. The number of nitrogens with one attached hydrogen (secondary N) is 1. The third kappa shape index (κ3) is 0.743. The van der Waals surface area contributed by atoms with Gasteiger partial charge >= 0.3 is 0 Å². The van der Waals surface area contributed by atoms with Crippen molar-refractivity contribution in [2.75, 3.05) is 12.0 Å². The van der Waals surface area contributed by atoms with Crippen LogP contribution in [0.25, 0.3) is 0 Å². The molecule has 3 heteroatoms. The molecule has 1 aliphatic heterocycles. The molecule has 1 aromatic rings. The van der Waals surface area contributed by atoms with Gasteiger partial charge in [-0.25, -0.2) is 0 Å². The molecule has 2 heterocycles. The summed E-state index contributed by atoms with van der Waals surface area (Å²) in [5.41, 5.74) is 2.58. The minimum atomic E-state index is 0.729. The minimum absolute atomic E-state index is 0.729. The van der Waals surface area contributed by atoms with Gasteiger partial charge in [0.1, 0.15) is 6.67 Å². The first-order valence-corrected chi connectivity index (χ1v) is 4.07. The van der Waals surface area contributed by atoms with E-state index in [4.69, 9.17) is 0 Å². The quantitative estimate of drug-likeness (QED) is 0.603. The lowest BCUT2D eigenvalue weighted by Crippen LogP contribution is -2.04. The van der Waals surface area contributed by atoms with Gasteiger partial charge < -0.3 is 5.32 Å². The highest BCUT2D eigenvalue weighted by molar-refractivity contribution is 7.14. The summed E-state index contributed by atoms with van der Waals surface area (Å²) in [7, 11) is 0.